The normalized spacial score (nSPS) is 25.4. The summed E-state index contributed by atoms with van der Waals surface area (Å²) < 4.78 is 60.5. The van der Waals surface area contributed by atoms with Crippen molar-refractivity contribution >= 4 is 53.2 Å². The Bertz CT molecular complexity index is 2320. The summed E-state index contributed by atoms with van der Waals surface area (Å²) in [4.78, 5) is 122. The monoisotopic (exact) mass is 1070 g/mol. The molecule has 76 heavy (non-hydrogen) atoms. The van der Waals surface area contributed by atoms with Gasteiger partial charge < -0.3 is 48.2 Å². The van der Waals surface area contributed by atoms with Gasteiger partial charge in [-0.3, -0.25) is 19.2 Å². The van der Waals surface area contributed by atoms with Crippen LogP contribution in [0.3, 0.4) is 0 Å². The second-order valence-corrected chi connectivity index (χ2v) is 22.1. The molecular weight excluding hydrogens is 989 g/mol. The average molecular weight is 1070 g/mol. The van der Waals surface area contributed by atoms with Crippen LogP contribution in [0, 0.1) is 11.8 Å². The fraction of sp³-hybridized carbons (Fsp3) is 0.643. The van der Waals surface area contributed by atoms with Gasteiger partial charge in [0.2, 0.25) is 0 Å². The van der Waals surface area contributed by atoms with E-state index in [9.17, 15) is 38.4 Å². The minimum atomic E-state index is -2.10. The van der Waals surface area contributed by atoms with Crippen molar-refractivity contribution in [3.63, 3.8) is 0 Å². The molecule has 8 atom stereocenters. The quantitative estimate of drug-likeness (QED) is 0.175. The fourth-order valence-electron chi connectivity index (χ4n) is 9.15. The average Bonchev–Trinajstić information content (AvgIpc) is 3.35. The molecule has 4 rings (SSSR count). The van der Waals surface area contributed by atoms with E-state index in [0.29, 0.717) is 37.4 Å². The van der Waals surface area contributed by atoms with Crippen molar-refractivity contribution in [3.05, 3.63) is 65.7 Å². The molecule has 2 aromatic carbocycles. The van der Waals surface area contributed by atoms with Crippen LogP contribution in [0.2, 0.25) is 0 Å². The molecule has 2 heterocycles. The van der Waals surface area contributed by atoms with E-state index >= 15 is 8.78 Å². The number of alkyl halides is 2. The number of benzene rings is 2. The molecule has 2 aromatic rings. The van der Waals surface area contributed by atoms with Gasteiger partial charge in [-0.25, -0.2) is 28.0 Å². The first kappa shape index (κ1) is 62.4. The fourth-order valence-corrected chi connectivity index (χ4v) is 9.15. The van der Waals surface area contributed by atoms with Gasteiger partial charge >= 0.3 is 23.9 Å². The lowest BCUT2D eigenvalue weighted by atomic mass is 9.98. The Morgan fingerprint density at radius 1 is 0.500 bits per heavy atom. The lowest BCUT2D eigenvalue weighted by Gasteiger charge is -2.36. The van der Waals surface area contributed by atoms with Crippen LogP contribution in [0.5, 0.6) is 0 Å². The second-order valence-electron chi connectivity index (χ2n) is 22.1. The third-order valence-corrected chi connectivity index (χ3v) is 13.4. The topological polar surface area (TPSA) is 199 Å². The highest BCUT2D eigenvalue weighted by molar-refractivity contribution is 5.94. The molecule has 0 spiro atoms. The molecule has 0 N–H and O–H groups in total. The van der Waals surface area contributed by atoms with Gasteiger partial charge in [-0.2, -0.15) is 0 Å². The molecular formula is C56H81F2N5O13. The van der Waals surface area contributed by atoms with Crippen molar-refractivity contribution < 1.29 is 70.8 Å². The van der Waals surface area contributed by atoms with Crippen LogP contribution in [0.1, 0.15) is 106 Å². The molecule has 0 aliphatic carbocycles. The van der Waals surface area contributed by atoms with Crippen LogP contribution in [0.25, 0.3) is 0 Å². The van der Waals surface area contributed by atoms with Gasteiger partial charge in [0.25, 0.3) is 23.6 Å². The Labute approximate surface area is 447 Å². The zero-order valence-electron chi connectivity index (χ0n) is 46.8. The Morgan fingerprint density at radius 2 is 0.842 bits per heavy atom. The zero-order chi connectivity index (χ0) is 57.0. The van der Waals surface area contributed by atoms with E-state index in [0.717, 1.165) is 25.3 Å². The van der Waals surface area contributed by atoms with Gasteiger partial charge in [0.05, 0.1) is 13.2 Å². The number of morpholine rings is 1. The maximum atomic E-state index is 15.8. The molecule has 422 valence electrons. The number of rotatable bonds is 13. The van der Waals surface area contributed by atoms with Crippen LogP contribution in [-0.4, -0.2) is 182 Å². The summed E-state index contributed by atoms with van der Waals surface area (Å²) >= 11 is 0. The molecule has 0 unspecified atom stereocenters. The van der Waals surface area contributed by atoms with Crippen LogP contribution in [-0.2, 0) is 74.9 Å². The number of hydrogen-bond acceptors (Lipinski definition) is 14. The first-order chi connectivity index (χ1) is 35.4. The van der Waals surface area contributed by atoms with Gasteiger partial charge in [-0.1, -0.05) is 70.2 Å². The van der Waals surface area contributed by atoms with Crippen molar-refractivity contribution in [2.45, 2.75) is 168 Å². The largest absolute Gasteiger partial charge is 0.451 e. The summed E-state index contributed by atoms with van der Waals surface area (Å²) in [6.45, 7) is 16.8. The third kappa shape index (κ3) is 18.0. The summed E-state index contributed by atoms with van der Waals surface area (Å²) in [6, 6.07) is 9.54. The van der Waals surface area contributed by atoms with E-state index in [1.54, 1.807) is 70.2 Å². The Morgan fingerprint density at radius 3 is 1.20 bits per heavy atom. The van der Waals surface area contributed by atoms with Crippen molar-refractivity contribution in [1.29, 1.82) is 0 Å². The number of cyclic esters (lactones) is 4. The number of halogens is 2. The van der Waals surface area contributed by atoms with Crippen molar-refractivity contribution in [2.24, 2.45) is 11.8 Å². The maximum Gasteiger partial charge on any atom is 0.329 e. The Kier molecular flexibility index (Phi) is 22.3. The molecule has 2 aliphatic rings. The summed E-state index contributed by atoms with van der Waals surface area (Å²) in [5, 5.41) is 0. The number of nitrogens with zero attached hydrogens (tertiary/aromatic N) is 5. The van der Waals surface area contributed by atoms with Crippen molar-refractivity contribution in [2.75, 3.05) is 59.4 Å². The minimum Gasteiger partial charge on any atom is -0.451 e. The Balaban J connectivity index is 1.89. The van der Waals surface area contributed by atoms with E-state index in [-0.39, 0.29) is 37.5 Å². The number of esters is 4. The molecule has 0 saturated carbocycles. The first-order valence-electron chi connectivity index (χ1n) is 26.1. The van der Waals surface area contributed by atoms with Gasteiger partial charge in [0.15, 0.2) is 24.4 Å². The standard InChI is InChI=1S/C56H81F2N5O13/c1-34(2)28-41-51(68)73-37(6)48(65)62(14)44(33-56(9,10)58)54(71)76-46(31-39-20-22-40(23-21-39)63-24-26-72-27-25-63)50(67)60(12)42(29-35(3)4)52(69)74-36(5)47(64)61(13)43(32-55(7,8)57)53(70)75-45(49(66)59(41)11)30-38-18-16-15-17-19-38/h15-23,34-37,41-46H,24-33H2,1-14H3/t36-,37-,41+,42+,43+,44+,45-,46-/m1/s1. The smallest absolute Gasteiger partial charge is 0.329 e. The highest BCUT2D eigenvalue weighted by Gasteiger charge is 2.44. The number of carbonyl (C=O) groups excluding carboxylic acids is 8. The van der Waals surface area contributed by atoms with Gasteiger partial charge in [0, 0.05) is 72.7 Å². The molecule has 0 aromatic heterocycles. The van der Waals surface area contributed by atoms with E-state index < -0.39 is 120 Å². The summed E-state index contributed by atoms with van der Waals surface area (Å²) in [7, 11) is 5.02. The van der Waals surface area contributed by atoms with Crippen molar-refractivity contribution in [3.8, 4) is 0 Å². The molecule has 4 amide bonds. The lowest BCUT2D eigenvalue weighted by molar-refractivity contribution is -0.176. The van der Waals surface area contributed by atoms with Crippen molar-refractivity contribution in [1.82, 2.24) is 19.6 Å². The van der Waals surface area contributed by atoms with Crippen LogP contribution < -0.4 is 4.90 Å². The Hall–Kier alpha value is -6.18. The number of likely N-dealkylation sites (N-methyl/N-ethyl adjacent to an activating group) is 4. The zero-order valence-corrected chi connectivity index (χ0v) is 46.8. The summed E-state index contributed by atoms with van der Waals surface area (Å²) in [6.07, 6.45) is -8.30. The molecule has 2 aliphatic heterocycles. The molecule has 18 nitrogen and oxygen atoms in total. The van der Waals surface area contributed by atoms with Gasteiger partial charge in [-0.05, 0) is 89.5 Å². The number of carbonyl (C=O) groups is 8. The highest BCUT2D eigenvalue weighted by Crippen LogP contribution is 2.27. The molecule has 20 heteroatoms. The number of anilines is 1. The SMILES string of the molecule is CC(C)C[C@H]1C(=O)O[C@H](C)C(=O)N(C)[C@@H](CC(C)(C)F)C(=O)O[C@H](Cc2ccc(N3CCOCC3)cc2)C(=O)N(C)[C@@H](CC(C)C)C(=O)O[C@H](C)C(=O)N(C)[C@@H](CC(C)(C)F)C(=O)O[C@H](Cc2ccccc2)C(=O)N1C. The first-order valence-corrected chi connectivity index (χ1v) is 26.1. The molecule has 0 bridgehead atoms. The van der Waals surface area contributed by atoms with Gasteiger partial charge in [0.1, 0.15) is 35.5 Å². The van der Waals surface area contributed by atoms with E-state index in [1.165, 1.54) is 69.7 Å². The predicted octanol–water partition coefficient (Wildman–Crippen LogP) is 5.69. The summed E-state index contributed by atoms with van der Waals surface area (Å²) in [5.74, 6) is -8.56. The van der Waals surface area contributed by atoms with Crippen LogP contribution in [0.15, 0.2) is 54.6 Å². The summed E-state index contributed by atoms with van der Waals surface area (Å²) in [5.41, 5.74) is -2.23. The third-order valence-electron chi connectivity index (χ3n) is 13.4. The second kappa shape index (κ2) is 27.2. The number of ether oxygens (including phenoxy) is 5. The van der Waals surface area contributed by atoms with Gasteiger partial charge in [-0.15, -0.1) is 0 Å². The lowest BCUT2D eigenvalue weighted by Crippen LogP contribution is -2.55. The molecule has 2 fully saturated rings. The van der Waals surface area contributed by atoms with E-state index in [2.05, 4.69) is 4.90 Å². The molecule has 0 radical (unpaired) electrons. The number of hydrogen-bond donors (Lipinski definition) is 0. The maximum absolute atomic E-state index is 15.8. The predicted molar refractivity (Wildman–Crippen MR) is 279 cm³/mol. The van der Waals surface area contributed by atoms with E-state index in [4.69, 9.17) is 23.7 Å². The highest BCUT2D eigenvalue weighted by atomic mass is 19.1. The number of amides is 4. The molecule has 2 saturated heterocycles. The van der Waals surface area contributed by atoms with Crippen LogP contribution in [0.4, 0.5) is 14.5 Å². The van der Waals surface area contributed by atoms with Crippen LogP contribution >= 0.6 is 0 Å². The minimum absolute atomic E-state index is 0.000830. The van der Waals surface area contributed by atoms with E-state index in [1.807, 2.05) is 12.1 Å².